The Bertz CT molecular complexity index is 380. The normalized spacial score (nSPS) is 24.4. The maximum atomic E-state index is 9.43. The van der Waals surface area contributed by atoms with Crippen molar-refractivity contribution in [2.24, 2.45) is 0 Å². The van der Waals surface area contributed by atoms with E-state index < -0.39 is 0 Å². The van der Waals surface area contributed by atoms with Crippen LogP contribution in [0.1, 0.15) is 25.7 Å². The van der Waals surface area contributed by atoms with Crippen molar-refractivity contribution in [3.8, 4) is 0 Å². The summed E-state index contributed by atoms with van der Waals surface area (Å²) in [6.07, 6.45) is 3.38. The van der Waals surface area contributed by atoms with E-state index in [1.165, 1.54) is 0 Å². The first kappa shape index (κ1) is 12.4. The van der Waals surface area contributed by atoms with Crippen LogP contribution in [0.4, 0.5) is 11.8 Å². The van der Waals surface area contributed by atoms with E-state index in [9.17, 15) is 5.11 Å². The first-order valence-corrected chi connectivity index (χ1v) is 6.22. The highest BCUT2D eigenvalue weighted by Crippen LogP contribution is 2.22. The number of halogens is 1. The number of nitrogens with zero attached hydrogens (tertiary/aromatic N) is 2. The molecule has 0 spiro atoms. The third-order valence-corrected chi connectivity index (χ3v) is 3.17. The predicted octanol–water partition coefficient (Wildman–Crippen LogP) is 1.89. The minimum absolute atomic E-state index is 0.152. The number of anilines is 2. The standard InChI is InChI=1S/C11H17ClN4O/c1-13-10-6-9(12)15-11(16-10)14-7-2-4-8(17)5-3-7/h6-8,17H,2-5H2,1H3,(H2,13,14,15,16). The zero-order valence-electron chi connectivity index (χ0n) is 9.78. The van der Waals surface area contributed by atoms with Crippen LogP contribution in [0.3, 0.4) is 0 Å². The van der Waals surface area contributed by atoms with Gasteiger partial charge in [0, 0.05) is 19.2 Å². The number of aromatic nitrogens is 2. The summed E-state index contributed by atoms with van der Waals surface area (Å²) in [4.78, 5) is 8.42. The number of nitrogens with one attached hydrogen (secondary N) is 2. The molecule has 6 heteroatoms. The molecule has 2 rings (SSSR count). The summed E-state index contributed by atoms with van der Waals surface area (Å²) in [5.74, 6) is 1.24. The minimum atomic E-state index is -0.152. The Hall–Kier alpha value is -1.07. The molecule has 1 aliphatic rings. The molecule has 0 bridgehead atoms. The molecule has 94 valence electrons. The van der Waals surface area contributed by atoms with Crippen LogP contribution in [0.15, 0.2) is 6.07 Å². The van der Waals surface area contributed by atoms with E-state index >= 15 is 0 Å². The third kappa shape index (κ3) is 3.44. The Morgan fingerprint density at radius 2 is 2.00 bits per heavy atom. The zero-order valence-corrected chi connectivity index (χ0v) is 10.5. The zero-order chi connectivity index (χ0) is 12.3. The average Bonchev–Trinajstić information content (AvgIpc) is 2.31. The summed E-state index contributed by atoms with van der Waals surface area (Å²) in [5, 5.41) is 16.0. The van der Waals surface area contributed by atoms with Crippen molar-refractivity contribution >= 4 is 23.4 Å². The fourth-order valence-electron chi connectivity index (χ4n) is 2.01. The first-order chi connectivity index (χ1) is 8.17. The van der Waals surface area contributed by atoms with Crippen LogP contribution in [0.25, 0.3) is 0 Å². The second-order valence-corrected chi connectivity index (χ2v) is 4.69. The molecule has 1 fully saturated rings. The topological polar surface area (TPSA) is 70.1 Å². The van der Waals surface area contributed by atoms with Crippen LogP contribution in [0, 0.1) is 0 Å². The highest BCUT2D eigenvalue weighted by atomic mass is 35.5. The number of aliphatic hydroxyl groups is 1. The smallest absolute Gasteiger partial charge is 0.226 e. The van der Waals surface area contributed by atoms with Crippen molar-refractivity contribution < 1.29 is 5.11 Å². The van der Waals surface area contributed by atoms with Gasteiger partial charge >= 0.3 is 0 Å². The molecule has 5 nitrogen and oxygen atoms in total. The van der Waals surface area contributed by atoms with Gasteiger partial charge < -0.3 is 15.7 Å². The molecule has 17 heavy (non-hydrogen) atoms. The predicted molar refractivity (Wildman–Crippen MR) is 68.5 cm³/mol. The van der Waals surface area contributed by atoms with Gasteiger partial charge in [0.15, 0.2) is 0 Å². The number of aliphatic hydroxyl groups excluding tert-OH is 1. The van der Waals surface area contributed by atoms with E-state index in [4.69, 9.17) is 11.6 Å². The van der Waals surface area contributed by atoms with E-state index in [1.54, 1.807) is 13.1 Å². The van der Waals surface area contributed by atoms with E-state index in [-0.39, 0.29) is 6.10 Å². The molecule has 0 amide bonds. The summed E-state index contributed by atoms with van der Waals surface area (Å²) >= 11 is 5.90. The largest absolute Gasteiger partial charge is 0.393 e. The van der Waals surface area contributed by atoms with E-state index in [0.29, 0.717) is 23.0 Å². The Morgan fingerprint density at radius 3 is 2.65 bits per heavy atom. The van der Waals surface area contributed by atoms with Gasteiger partial charge in [0.05, 0.1) is 6.10 Å². The van der Waals surface area contributed by atoms with Gasteiger partial charge in [0.25, 0.3) is 0 Å². The summed E-state index contributed by atoms with van der Waals surface area (Å²) < 4.78 is 0. The Labute approximate surface area is 106 Å². The van der Waals surface area contributed by atoms with Crippen molar-refractivity contribution in [3.05, 3.63) is 11.2 Å². The van der Waals surface area contributed by atoms with Crippen molar-refractivity contribution in [2.75, 3.05) is 17.7 Å². The molecular formula is C11H17ClN4O. The summed E-state index contributed by atoms with van der Waals surface area (Å²) in [5.41, 5.74) is 0. The summed E-state index contributed by atoms with van der Waals surface area (Å²) in [7, 11) is 1.79. The monoisotopic (exact) mass is 256 g/mol. The fraction of sp³-hybridized carbons (Fsp3) is 0.636. The maximum Gasteiger partial charge on any atom is 0.226 e. The molecule has 0 aromatic carbocycles. The second-order valence-electron chi connectivity index (χ2n) is 4.30. The molecule has 1 aliphatic carbocycles. The van der Waals surface area contributed by atoms with Crippen LogP contribution in [0.2, 0.25) is 5.15 Å². The van der Waals surface area contributed by atoms with Crippen LogP contribution in [0.5, 0.6) is 0 Å². The maximum absolute atomic E-state index is 9.43. The Morgan fingerprint density at radius 1 is 1.29 bits per heavy atom. The molecule has 0 saturated heterocycles. The van der Waals surface area contributed by atoms with Crippen molar-refractivity contribution in [3.63, 3.8) is 0 Å². The first-order valence-electron chi connectivity index (χ1n) is 5.84. The average molecular weight is 257 g/mol. The molecule has 1 saturated carbocycles. The fourth-order valence-corrected chi connectivity index (χ4v) is 2.20. The lowest BCUT2D eigenvalue weighted by atomic mass is 9.93. The van der Waals surface area contributed by atoms with E-state index in [0.717, 1.165) is 25.7 Å². The van der Waals surface area contributed by atoms with Crippen LogP contribution >= 0.6 is 11.6 Å². The lowest BCUT2D eigenvalue weighted by molar-refractivity contribution is 0.126. The van der Waals surface area contributed by atoms with Gasteiger partial charge in [0.2, 0.25) is 5.95 Å². The number of hydrogen-bond donors (Lipinski definition) is 3. The van der Waals surface area contributed by atoms with Gasteiger partial charge in [-0.25, -0.2) is 4.98 Å². The SMILES string of the molecule is CNc1cc(Cl)nc(NC2CCC(O)CC2)n1. The number of hydrogen-bond acceptors (Lipinski definition) is 5. The van der Waals surface area contributed by atoms with Gasteiger partial charge in [0.1, 0.15) is 11.0 Å². The van der Waals surface area contributed by atoms with E-state index in [1.807, 2.05) is 0 Å². The lowest BCUT2D eigenvalue weighted by Crippen LogP contribution is -2.29. The lowest BCUT2D eigenvalue weighted by Gasteiger charge is -2.26. The summed E-state index contributed by atoms with van der Waals surface area (Å²) in [6.45, 7) is 0. The number of rotatable bonds is 3. The van der Waals surface area contributed by atoms with Crippen molar-refractivity contribution in [1.29, 1.82) is 0 Å². The third-order valence-electron chi connectivity index (χ3n) is 2.98. The van der Waals surface area contributed by atoms with Gasteiger partial charge in [-0.2, -0.15) is 4.98 Å². The molecule has 1 heterocycles. The van der Waals surface area contributed by atoms with Crippen molar-refractivity contribution in [1.82, 2.24) is 9.97 Å². The van der Waals surface area contributed by atoms with Crippen LogP contribution in [-0.2, 0) is 0 Å². The highest BCUT2D eigenvalue weighted by molar-refractivity contribution is 6.29. The Kier molecular flexibility index (Phi) is 4.02. The quantitative estimate of drug-likeness (QED) is 0.721. The molecular weight excluding hydrogens is 240 g/mol. The van der Waals surface area contributed by atoms with Crippen LogP contribution < -0.4 is 10.6 Å². The molecule has 0 unspecified atom stereocenters. The van der Waals surface area contributed by atoms with Crippen molar-refractivity contribution in [2.45, 2.75) is 37.8 Å². The molecule has 1 aromatic heterocycles. The molecule has 0 atom stereocenters. The minimum Gasteiger partial charge on any atom is -0.393 e. The van der Waals surface area contributed by atoms with E-state index in [2.05, 4.69) is 20.6 Å². The highest BCUT2D eigenvalue weighted by Gasteiger charge is 2.19. The molecule has 3 N–H and O–H groups in total. The Balaban J connectivity index is 2.00. The molecule has 0 radical (unpaired) electrons. The van der Waals surface area contributed by atoms with Gasteiger partial charge in [-0.1, -0.05) is 11.6 Å². The van der Waals surface area contributed by atoms with Crippen LogP contribution in [-0.4, -0.2) is 34.3 Å². The van der Waals surface area contributed by atoms with Gasteiger partial charge in [-0.15, -0.1) is 0 Å². The molecule has 1 aromatic rings. The second kappa shape index (κ2) is 5.51. The van der Waals surface area contributed by atoms with Gasteiger partial charge in [-0.05, 0) is 25.7 Å². The summed E-state index contributed by atoms with van der Waals surface area (Å²) in [6, 6.07) is 2.00. The molecule has 0 aliphatic heterocycles. The van der Waals surface area contributed by atoms with Gasteiger partial charge in [-0.3, -0.25) is 0 Å².